The van der Waals surface area contributed by atoms with E-state index in [9.17, 15) is 24.3 Å². The van der Waals surface area contributed by atoms with Gasteiger partial charge in [0.15, 0.2) is 0 Å². The van der Waals surface area contributed by atoms with Gasteiger partial charge >= 0.3 is 6.09 Å². The summed E-state index contributed by atoms with van der Waals surface area (Å²) >= 11 is 6.39. The van der Waals surface area contributed by atoms with Crippen molar-refractivity contribution in [3.63, 3.8) is 0 Å². The minimum Gasteiger partial charge on any atom is -0.443 e. The third-order valence-electron chi connectivity index (χ3n) is 7.36. The first-order valence-electron chi connectivity index (χ1n) is 16.5. The number of amides is 4. The number of nitrogens with one attached hydrogen (secondary N) is 5. The molecule has 13 nitrogen and oxygen atoms in total. The van der Waals surface area contributed by atoms with Crippen LogP contribution in [-0.2, 0) is 14.3 Å². The van der Waals surface area contributed by atoms with Gasteiger partial charge in [0, 0.05) is 27.8 Å². The van der Waals surface area contributed by atoms with E-state index in [4.69, 9.17) is 15.3 Å². The molecule has 2 rings (SSSR count). The van der Waals surface area contributed by atoms with Crippen molar-refractivity contribution < 1.29 is 33.8 Å². The Labute approximate surface area is 308 Å². The molecule has 8 N–H and O–H groups in total. The Morgan fingerprint density at radius 1 is 0.920 bits per heavy atom. The minimum absolute atomic E-state index is 0.0992. The molecule has 0 fully saturated rings. The summed E-state index contributed by atoms with van der Waals surface area (Å²) in [4.78, 5) is 48.3. The highest BCUT2D eigenvalue weighted by Crippen LogP contribution is 2.31. The Balaban J connectivity index is 1.72. The molecule has 0 saturated heterocycles. The molecule has 50 heavy (non-hydrogen) atoms. The molecule has 0 radical (unpaired) electrons. The van der Waals surface area contributed by atoms with E-state index in [-0.39, 0.29) is 35.3 Å². The standard InChI is InChI=1S/C34H52N6O7S3/c1-6-22(21-49-18-8-9-29(41)36-25-14-10-23(11-15-25)31(43)38-35)19-28(50-48)27(7-2)46-20-30(42)37-26-16-12-24(13-17-26)32(44)39-40-33(45)47-34(3,4)5/h10-17,22,27-29,36,41,48H,6-9,18-21,35H2,1-5H3,(H,37,42)(H,38,43)(H,39,44)(H,40,45). The normalized spacial score (nSPS) is 13.7. The molecular weight excluding hydrogens is 701 g/mol. The van der Waals surface area contributed by atoms with Gasteiger partial charge in [-0.3, -0.25) is 25.2 Å². The van der Waals surface area contributed by atoms with E-state index in [0.717, 1.165) is 42.9 Å². The van der Waals surface area contributed by atoms with Crippen molar-refractivity contribution in [1.82, 2.24) is 16.3 Å². The summed E-state index contributed by atoms with van der Waals surface area (Å²) in [6.07, 6.45) is 2.42. The summed E-state index contributed by atoms with van der Waals surface area (Å²) in [6, 6.07) is 13.0. The fraction of sp³-hybridized carbons (Fsp3) is 0.529. The summed E-state index contributed by atoms with van der Waals surface area (Å²) in [5, 5.41) is 16.3. The predicted molar refractivity (Wildman–Crippen MR) is 205 cm³/mol. The second-order valence-electron chi connectivity index (χ2n) is 12.5. The maximum atomic E-state index is 12.7. The zero-order chi connectivity index (χ0) is 37.1. The second kappa shape index (κ2) is 22.6. The number of hydrazine groups is 2. The van der Waals surface area contributed by atoms with Gasteiger partial charge in [-0.1, -0.05) is 31.1 Å². The lowest BCUT2D eigenvalue weighted by molar-refractivity contribution is -0.122. The number of rotatable bonds is 20. The number of aliphatic hydroxyl groups excluding tert-OH is 1. The molecule has 2 aromatic carbocycles. The number of thioether (sulfide) groups is 1. The van der Waals surface area contributed by atoms with Crippen LogP contribution in [0.2, 0.25) is 0 Å². The van der Waals surface area contributed by atoms with Gasteiger partial charge < -0.3 is 25.2 Å². The lowest BCUT2D eigenvalue weighted by Crippen LogP contribution is -2.44. The third-order valence-corrected chi connectivity index (χ3v) is 10.2. The van der Waals surface area contributed by atoms with E-state index >= 15 is 0 Å². The van der Waals surface area contributed by atoms with Gasteiger partial charge in [-0.05, 0) is 112 Å². The Bertz CT molecular complexity index is 1350. The Morgan fingerprint density at radius 2 is 1.54 bits per heavy atom. The number of aliphatic hydroxyl groups is 1. The fourth-order valence-corrected chi connectivity index (χ4v) is 7.37. The zero-order valence-corrected chi connectivity index (χ0v) is 31.9. The fourth-order valence-electron chi connectivity index (χ4n) is 4.69. The van der Waals surface area contributed by atoms with Crippen LogP contribution in [0.1, 0.15) is 87.4 Å². The molecule has 0 bridgehead atoms. The van der Waals surface area contributed by atoms with Crippen LogP contribution in [0.5, 0.6) is 0 Å². The summed E-state index contributed by atoms with van der Waals surface area (Å²) in [5.74, 6) is 6.26. The van der Waals surface area contributed by atoms with Crippen LogP contribution in [0.25, 0.3) is 0 Å². The van der Waals surface area contributed by atoms with Crippen LogP contribution >= 0.6 is 34.2 Å². The molecule has 4 unspecified atom stereocenters. The van der Waals surface area contributed by atoms with Gasteiger partial charge in [0.1, 0.15) is 18.4 Å². The maximum absolute atomic E-state index is 12.7. The van der Waals surface area contributed by atoms with Crippen LogP contribution in [0.3, 0.4) is 0 Å². The largest absolute Gasteiger partial charge is 0.443 e. The molecule has 0 aromatic heterocycles. The summed E-state index contributed by atoms with van der Waals surface area (Å²) in [6.45, 7) is 9.22. The molecule has 2 aromatic rings. The number of carbonyl (C=O) groups excluding carboxylic acids is 4. The van der Waals surface area contributed by atoms with Gasteiger partial charge in [0.25, 0.3) is 11.8 Å². The van der Waals surface area contributed by atoms with Crippen molar-refractivity contribution in [2.45, 2.75) is 89.9 Å². The van der Waals surface area contributed by atoms with E-state index < -0.39 is 23.8 Å². The maximum Gasteiger partial charge on any atom is 0.426 e. The molecule has 0 spiro atoms. The van der Waals surface area contributed by atoms with Crippen molar-refractivity contribution in [1.29, 1.82) is 0 Å². The van der Waals surface area contributed by atoms with Gasteiger partial charge in [-0.15, -0.1) is 11.7 Å². The average Bonchev–Trinajstić information content (AvgIpc) is 3.08. The second-order valence-corrected chi connectivity index (χ2v) is 15.1. The van der Waals surface area contributed by atoms with Crippen molar-refractivity contribution in [2.75, 3.05) is 28.7 Å². The van der Waals surface area contributed by atoms with Gasteiger partial charge in [0.2, 0.25) is 5.91 Å². The minimum atomic E-state index is -0.775. The van der Waals surface area contributed by atoms with E-state index in [0.29, 0.717) is 23.6 Å². The van der Waals surface area contributed by atoms with E-state index in [1.165, 1.54) is 22.9 Å². The lowest BCUT2D eigenvalue weighted by Gasteiger charge is -2.27. The first-order chi connectivity index (χ1) is 23.8. The topological polar surface area (TPSA) is 193 Å². The summed E-state index contributed by atoms with van der Waals surface area (Å²) < 4.78 is 11.1. The van der Waals surface area contributed by atoms with Gasteiger partial charge in [0.05, 0.1) is 6.10 Å². The molecule has 0 aliphatic carbocycles. The molecular formula is C34H52N6O7S3. The molecule has 4 amide bonds. The van der Waals surface area contributed by atoms with Crippen molar-refractivity contribution >= 4 is 69.4 Å². The van der Waals surface area contributed by atoms with E-state index in [1.807, 2.05) is 18.7 Å². The Kier molecular flexibility index (Phi) is 19.5. The van der Waals surface area contributed by atoms with Crippen LogP contribution in [0.15, 0.2) is 48.5 Å². The first-order valence-corrected chi connectivity index (χ1v) is 19.6. The monoisotopic (exact) mass is 752 g/mol. The summed E-state index contributed by atoms with van der Waals surface area (Å²) in [5.41, 5.74) is 7.82. The molecule has 278 valence electrons. The smallest absolute Gasteiger partial charge is 0.426 e. The van der Waals surface area contributed by atoms with Gasteiger partial charge in [-0.25, -0.2) is 16.1 Å². The van der Waals surface area contributed by atoms with Crippen molar-refractivity contribution in [3.05, 3.63) is 59.7 Å². The highest BCUT2D eigenvalue weighted by molar-refractivity contribution is 8.68. The number of nitrogens with two attached hydrogens (primary N) is 1. The molecule has 0 aliphatic heterocycles. The Morgan fingerprint density at radius 3 is 2.10 bits per heavy atom. The van der Waals surface area contributed by atoms with Gasteiger partial charge in [-0.2, -0.15) is 11.8 Å². The quantitative estimate of drug-likeness (QED) is 0.0162. The number of benzene rings is 2. The van der Waals surface area contributed by atoms with Crippen LogP contribution in [0.4, 0.5) is 16.2 Å². The van der Waals surface area contributed by atoms with Crippen molar-refractivity contribution in [2.24, 2.45) is 11.8 Å². The number of hydrogen-bond donors (Lipinski definition) is 8. The molecule has 16 heteroatoms. The van der Waals surface area contributed by atoms with E-state index in [1.54, 1.807) is 57.2 Å². The SMILES string of the molecule is CCC(CSCCCC(O)Nc1ccc(C(=O)NN)cc1)CC(SS)C(CC)OCC(=O)Nc1ccc(C(=O)NNC(=O)OC(C)(C)C)cc1. The molecule has 0 aliphatic rings. The highest BCUT2D eigenvalue weighted by atomic mass is 33.1. The van der Waals surface area contributed by atoms with Crippen LogP contribution in [-0.4, -0.2) is 70.2 Å². The number of nitrogen functional groups attached to an aromatic ring is 1. The number of carbonyl (C=O) groups is 4. The molecule has 0 heterocycles. The average molecular weight is 753 g/mol. The zero-order valence-electron chi connectivity index (χ0n) is 29.3. The summed E-state index contributed by atoms with van der Waals surface area (Å²) in [7, 11) is 1.45. The lowest BCUT2D eigenvalue weighted by atomic mass is 9.98. The Hall–Kier alpha value is -3.15. The van der Waals surface area contributed by atoms with E-state index in [2.05, 4.69) is 45.5 Å². The predicted octanol–water partition coefficient (Wildman–Crippen LogP) is 5.50. The molecule has 4 atom stereocenters. The van der Waals surface area contributed by atoms with Crippen LogP contribution < -0.4 is 32.8 Å². The highest BCUT2D eigenvalue weighted by Gasteiger charge is 2.25. The number of thiol groups is 1. The number of hydrogen-bond acceptors (Lipinski definition) is 12. The number of anilines is 2. The number of ether oxygens (including phenoxy) is 2. The van der Waals surface area contributed by atoms with Crippen LogP contribution in [0, 0.1) is 5.92 Å². The molecule has 0 saturated carbocycles. The van der Waals surface area contributed by atoms with Crippen molar-refractivity contribution in [3.8, 4) is 0 Å². The third kappa shape index (κ3) is 16.7. The first kappa shape index (κ1) is 43.0.